The summed E-state index contributed by atoms with van der Waals surface area (Å²) in [6.07, 6.45) is 5.05. The summed E-state index contributed by atoms with van der Waals surface area (Å²) in [5, 5.41) is 22.9. The highest BCUT2D eigenvalue weighted by molar-refractivity contribution is 5.55. The quantitative estimate of drug-likeness (QED) is 0.747. The van der Waals surface area contributed by atoms with E-state index in [4.69, 9.17) is 5.26 Å². The van der Waals surface area contributed by atoms with E-state index in [1.54, 1.807) is 42.9 Å². The van der Waals surface area contributed by atoms with Crippen molar-refractivity contribution in [3.8, 4) is 6.07 Å². The van der Waals surface area contributed by atoms with Gasteiger partial charge in [-0.1, -0.05) is 0 Å². The van der Waals surface area contributed by atoms with Crippen LogP contribution in [0.3, 0.4) is 0 Å². The molecule has 0 unspecified atom stereocenters. The smallest absolute Gasteiger partial charge is 0.249 e. The summed E-state index contributed by atoms with van der Waals surface area (Å²) in [7, 11) is 0. The molecule has 0 bridgehead atoms. The van der Waals surface area contributed by atoms with Crippen molar-refractivity contribution in [2.24, 2.45) is 0 Å². The van der Waals surface area contributed by atoms with Crippen LogP contribution in [0.4, 0.5) is 17.5 Å². The molecule has 2 heterocycles. The van der Waals surface area contributed by atoms with Crippen LogP contribution in [0.2, 0.25) is 0 Å². The molecule has 0 saturated carbocycles. The fourth-order valence-corrected chi connectivity index (χ4v) is 1.89. The molecule has 0 aliphatic carbocycles. The first kappa shape index (κ1) is 14.4. The summed E-state index contributed by atoms with van der Waals surface area (Å²) in [5.41, 5.74) is 2.49. The highest BCUT2D eigenvalue weighted by atomic mass is 15.3. The molecular weight excluding hydrogens is 290 g/mol. The first-order valence-corrected chi connectivity index (χ1v) is 6.93. The van der Waals surface area contributed by atoms with Gasteiger partial charge in [0.25, 0.3) is 0 Å². The van der Waals surface area contributed by atoms with E-state index in [0.29, 0.717) is 23.9 Å². The molecule has 23 heavy (non-hydrogen) atoms. The van der Waals surface area contributed by atoms with E-state index in [-0.39, 0.29) is 0 Å². The molecule has 7 heteroatoms. The van der Waals surface area contributed by atoms with Gasteiger partial charge >= 0.3 is 0 Å². The van der Waals surface area contributed by atoms with Crippen LogP contribution in [-0.2, 0) is 6.54 Å². The molecule has 3 aromatic rings. The highest BCUT2D eigenvalue weighted by Crippen LogP contribution is 2.14. The zero-order chi connectivity index (χ0) is 15.9. The van der Waals surface area contributed by atoms with E-state index in [1.807, 2.05) is 12.1 Å². The average molecular weight is 303 g/mol. The molecule has 0 spiro atoms. The number of aromatic nitrogens is 4. The standard InChI is InChI=1S/C16H13N7/c17-9-12-1-3-14(4-2-12)21-16-22-15(11-20-23-16)19-10-13-5-7-18-8-6-13/h1-8,11H,10H2,(H2,19,21,22,23). The fraction of sp³-hybridized carbons (Fsp3) is 0.0625. The Morgan fingerprint density at radius 2 is 1.83 bits per heavy atom. The van der Waals surface area contributed by atoms with Crippen molar-refractivity contribution >= 4 is 17.5 Å². The Labute approximate surface area is 133 Å². The van der Waals surface area contributed by atoms with Crippen molar-refractivity contribution in [3.63, 3.8) is 0 Å². The monoisotopic (exact) mass is 303 g/mol. The van der Waals surface area contributed by atoms with Crippen LogP contribution in [0, 0.1) is 11.3 Å². The van der Waals surface area contributed by atoms with E-state index in [9.17, 15) is 0 Å². The molecule has 0 atom stereocenters. The number of nitrogens with zero attached hydrogens (tertiary/aromatic N) is 5. The number of hydrogen-bond donors (Lipinski definition) is 2. The van der Waals surface area contributed by atoms with Gasteiger partial charge in [-0.05, 0) is 42.0 Å². The third kappa shape index (κ3) is 3.98. The Morgan fingerprint density at radius 3 is 2.57 bits per heavy atom. The maximum atomic E-state index is 8.79. The SMILES string of the molecule is N#Cc1ccc(Nc2nncc(NCc3ccncc3)n2)cc1. The summed E-state index contributed by atoms with van der Waals surface area (Å²) in [5.74, 6) is 1.00. The van der Waals surface area contributed by atoms with Gasteiger partial charge in [0, 0.05) is 24.6 Å². The zero-order valence-electron chi connectivity index (χ0n) is 12.1. The Kier molecular flexibility index (Phi) is 4.36. The van der Waals surface area contributed by atoms with Gasteiger partial charge in [-0.25, -0.2) is 0 Å². The first-order valence-electron chi connectivity index (χ1n) is 6.93. The summed E-state index contributed by atoms with van der Waals surface area (Å²) < 4.78 is 0. The Morgan fingerprint density at radius 1 is 1.04 bits per heavy atom. The molecule has 112 valence electrons. The molecule has 0 amide bonds. The van der Waals surface area contributed by atoms with Gasteiger partial charge in [-0.2, -0.15) is 15.3 Å². The third-order valence-electron chi connectivity index (χ3n) is 3.05. The van der Waals surface area contributed by atoms with Gasteiger partial charge in [0.05, 0.1) is 17.8 Å². The Hall–Kier alpha value is -3.53. The second kappa shape index (κ2) is 6.95. The van der Waals surface area contributed by atoms with Crippen molar-refractivity contribution in [1.82, 2.24) is 20.2 Å². The van der Waals surface area contributed by atoms with Crippen molar-refractivity contribution in [3.05, 3.63) is 66.1 Å². The summed E-state index contributed by atoms with van der Waals surface area (Å²) >= 11 is 0. The molecule has 7 nitrogen and oxygen atoms in total. The molecule has 0 aliphatic rings. The Bertz CT molecular complexity index is 810. The van der Waals surface area contributed by atoms with Crippen LogP contribution in [0.15, 0.2) is 55.0 Å². The van der Waals surface area contributed by atoms with Crippen molar-refractivity contribution in [2.75, 3.05) is 10.6 Å². The van der Waals surface area contributed by atoms with E-state index >= 15 is 0 Å². The molecule has 0 saturated heterocycles. The molecule has 1 aromatic carbocycles. The number of rotatable bonds is 5. The van der Waals surface area contributed by atoms with Gasteiger partial charge in [0.2, 0.25) is 5.95 Å². The lowest BCUT2D eigenvalue weighted by atomic mass is 10.2. The second-order valence-electron chi connectivity index (χ2n) is 4.69. The van der Waals surface area contributed by atoms with E-state index in [0.717, 1.165) is 11.3 Å². The molecule has 2 N–H and O–H groups in total. The van der Waals surface area contributed by atoms with Gasteiger partial charge in [0.15, 0.2) is 5.82 Å². The highest BCUT2D eigenvalue weighted by Gasteiger charge is 2.02. The minimum atomic E-state index is 0.384. The molecular formula is C16H13N7. The summed E-state index contributed by atoms with van der Waals surface area (Å²) in [6, 6.07) is 13.0. The second-order valence-corrected chi connectivity index (χ2v) is 4.69. The predicted octanol–water partition coefficient (Wildman–Crippen LogP) is 2.49. The number of pyridine rings is 1. The molecule has 3 rings (SSSR count). The predicted molar refractivity (Wildman–Crippen MR) is 85.8 cm³/mol. The Balaban J connectivity index is 1.66. The number of hydrogen-bond acceptors (Lipinski definition) is 7. The lowest BCUT2D eigenvalue weighted by molar-refractivity contribution is 0.965. The number of anilines is 3. The van der Waals surface area contributed by atoms with E-state index in [2.05, 4.69) is 36.9 Å². The number of nitriles is 1. The third-order valence-corrected chi connectivity index (χ3v) is 3.05. The lowest BCUT2D eigenvalue weighted by Gasteiger charge is -2.07. The molecule has 0 aliphatic heterocycles. The molecule has 2 aromatic heterocycles. The number of nitrogens with one attached hydrogen (secondary N) is 2. The topological polar surface area (TPSA) is 99.4 Å². The van der Waals surface area contributed by atoms with Gasteiger partial charge < -0.3 is 10.6 Å². The van der Waals surface area contributed by atoms with Crippen molar-refractivity contribution in [1.29, 1.82) is 5.26 Å². The van der Waals surface area contributed by atoms with Crippen LogP contribution in [0.5, 0.6) is 0 Å². The van der Waals surface area contributed by atoms with E-state index < -0.39 is 0 Å². The maximum absolute atomic E-state index is 8.79. The minimum Gasteiger partial charge on any atom is -0.365 e. The van der Waals surface area contributed by atoms with Gasteiger partial charge in [-0.3, -0.25) is 4.98 Å². The van der Waals surface area contributed by atoms with Crippen LogP contribution < -0.4 is 10.6 Å². The summed E-state index contributed by atoms with van der Waals surface area (Å²) in [4.78, 5) is 8.33. The van der Waals surface area contributed by atoms with Crippen LogP contribution >= 0.6 is 0 Å². The van der Waals surface area contributed by atoms with Crippen molar-refractivity contribution < 1.29 is 0 Å². The lowest BCUT2D eigenvalue weighted by Crippen LogP contribution is -2.05. The normalized spacial score (nSPS) is 9.87. The zero-order valence-corrected chi connectivity index (χ0v) is 12.1. The molecule has 0 fully saturated rings. The average Bonchev–Trinajstić information content (AvgIpc) is 2.62. The van der Waals surface area contributed by atoms with Crippen molar-refractivity contribution in [2.45, 2.75) is 6.54 Å². The maximum Gasteiger partial charge on any atom is 0.249 e. The fourth-order valence-electron chi connectivity index (χ4n) is 1.89. The molecule has 0 radical (unpaired) electrons. The minimum absolute atomic E-state index is 0.384. The first-order chi connectivity index (χ1) is 11.3. The van der Waals surface area contributed by atoms with E-state index in [1.165, 1.54) is 0 Å². The van der Waals surface area contributed by atoms with Crippen LogP contribution in [0.1, 0.15) is 11.1 Å². The van der Waals surface area contributed by atoms with Gasteiger partial charge in [-0.15, -0.1) is 5.10 Å². The van der Waals surface area contributed by atoms with Crippen LogP contribution in [0.25, 0.3) is 0 Å². The van der Waals surface area contributed by atoms with Gasteiger partial charge in [0.1, 0.15) is 0 Å². The largest absolute Gasteiger partial charge is 0.365 e. The summed E-state index contributed by atoms with van der Waals surface area (Å²) in [6.45, 7) is 0.623. The van der Waals surface area contributed by atoms with Crippen LogP contribution in [-0.4, -0.2) is 20.2 Å². The number of benzene rings is 1.